The van der Waals surface area contributed by atoms with E-state index in [1.807, 2.05) is 0 Å². The first kappa shape index (κ1) is 13.9. The average Bonchev–Trinajstić information content (AvgIpc) is 3.19. The van der Waals surface area contributed by atoms with Crippen LogP contribution >= 0.6 is 0 Å². The van der Waals surface area contributed by atoms with E-state index in [2.05, 4.69) is 24.1 Å². The Balaban J connectivity index is 1.47. The van der Waals surface area contributed by atoms with E-state index in [4.69, 9.17) is 0 Å². The molecule has 2 aliphatic carbocycles. The van der Waals surface area contributed by atoms with E-state index >= 15 is 0 Å². The lowest BCUT2D eigenvalue weighted by molar-refractivity contribution is 0.250. The molecular weight excluding hydrogens is 232 g/mol. The van der Waals surface area contributed by atoms with Gasteiger partial charge in [-0.1, -0.05) is 25.7 Å². The molecule has 2 saturated carbocycles. The fourth-order valence-electron chi connectivity index (χ4n) is 4.41. The fraction of sp³-hybridized carbons (Fsp3) is 1.00. The Kier molecular flexibility index (Phi) is 4.48. The minimum atomic E-state index is 0.731. The minimum Gasteiger partial charge on any atom is -0.310 e. The summed E-state index contributed by atoms with van der Waals surface area (Å²) in [5, 5.41) is 3.98. The lowest BCUT2D eigenvalue weighted by Crippen LogP contribution is -2.42. The molecule has 3 atom stereocenters. The molecule has 2 unspecified atom stereocenters. The van der Waals surface area contributed by atoms with Crippen LogP contribution in [-0.2, 0) is 0 Å². The maximum absolute atomic E-state index is 3.98. The second kappa shape index (κ2) is 6.13. The van der Waals surface area contributed by atoms with Crippen LogP contribution in [0, 0.1) is 5.92 Å². The maximum atomic E-state index is 3.98. The van der Waals surface area contributed by atoms with Crippen molar-refractivity contribution in [2.45, 2.75) is 95.8 Å². The molecule has 0 aromatic rings. The first-order valence-corrected chi connectivity index (χ1v) is 8.76. The highest BCUT2D eigenvalue weighted by Gasteiger charge is 2.39. The molecule has 2 nitrogen and oxygen atoms in total. The molecule has 110 valence electrons. The van der Waals surface area contributed by atoms with Crippen molar-refractivity contribution in [3.63, 3.8) is 0 Å². The van der Waals surface area contributed by atoms with Gasteiger partial charge in [0.1, 0.15) is 0 Å². The number of rotatable bonds is 4. The third-order valence-corrected chi connectivity index (χ3v) is 5.74. The van der Waals surface area contributed by atoms with E-state index in [0.717, 1.165) is 30.1 Å². The van der Waals surface area contributed by atoms with Crippen molar-refractivity contribution in [2.75, 3.05) is 6.54 Å². The van der Waals surface area contributed by atoms with Crippen LogP contribution < -0.4 is 5.32 Å². The second-order valence-corrected chi connectivity index (χ2v) is 7.42. The zero-order chi connectivity index (χ0) is 13.2. The normalized spacial score (nSPS) is 36.3. The fourth-order valence-corrected chi connectivity index (χ4v) is 4.41. The largest absolute Gasteiger partial charge is 0.310 e. The van der Waals surface area contributed by atoms with Gasteiger partial charge in [-0.15, -0.1) is 0 Å². The van der Waals surface area contributed by atoms with Gasteiger partial charge in [-0.25, -0.2) is 0 Å². The summed E-state index contributed by atoms with van der Waals surface area (Å²) < 4.78 is 0. The van der Waals surface area contributed by atoms with Gasteiger partial charge in [-0.2, -0.15) is 0 Å². The minimum absolute atomic E-state index is 0.731. The van der Waals surface area contributed by atoms with Crippen molar-refractivity contribution in [3.05, 3.63) is 0 Å². The standard InChI is InChI=1S/C17H32N2/c1-13-11-16(12-19(13)17-9-10-17)18-14(2)15-7-5-3-4-6-8-15/h13-18H,3-12H2,1-2H3/t13?,14-,16?/m1/s1. The molecule has 0 amide bonds. The van der Waals surface area contributed by atoms with Crippen molar-refractivity contribution >= 4 is 0 Å². The Morgan fingerprint density at radius 2 is 1.68 bits per heavy atom. The second-order valence-electron chi connectivity index (χ2n) is 7.42. The van der Waals surface area contributed by atoms with Gasteiger partial charge in [-0.3, -0.25) is 4.90 Å². The van der Waals surface area contributed by atoms with Gasteiger partial charge in [0.05, 0.1) is 0 Å². The summed E-state index contributed by atoms with van der Waals surface area (Å²) >= 11 is 0. The van der Waals surface area contributed by atoms with Crippen LogP contribution in [0.5, 0.6) is 0 Å². The highest BCUT2D eigenvalue weighted by molar-refractivity contribution is 4.96. The van der Waals surface area contributed by atoms with Crippen molar-refractivity contribution in [2.24, 2.45) is 5.92 Å². The monoisotopic (exact) mass is 264 g/mol. The summed E-state index contributed by atoms with van der Waals surface area (Å²) in [5.41, 5.74) is 0. The van der Waals surface area contributed by atoms with Crippen molar-refractivity contribution in [1.82, 2.24) is 10.2 Å². The SMILES string of the molecule is CC1CC(N[C@H](C)C2CCCCCC2)CN1C1CC1. The topological polar surface area (TPSA) is 15.3 Å². The molecule has 1 N–H and O–H groups in total. The number of hydrogen-bond donors (Lipinski definition) is 1. The van der Waals surface area contributed by atoms with E-state index < -0.39 is 0 Å². The molecule has 3 rings (SSSR count). The lowest BCUT2D eigenvalue weighted by atomic mass is 9.92. The van der Waals surface area contributed by atoms with Gasteiger partial charge >= 0.3 is 0 Å². The average molecular weight is 264 g/mol. The summed E-state index contributed by atoms with van der Waals surface area (Å²) in [7, 11) is 0. The third kappa shape index (κ3) is 3.52. The van der Waals surface area contributed by atoms with E-state index in [9.17, 15) is 0 Å². The van der Waals surface area contributed by atoms with Crippen LogP contribution in [0.1, 0.15) is 71.6 Å². The van der Waals surface area contributed by atoms with Crippen LogP contribution in [-0.4, -0.2) is 35.6 Å². The smallest absolute Gasteiger partial charge is 0.0212 e. The van der Waals surface area contributed by atoms with Crippen molar-refractivity contribution < 1.29 is 0 Å². The van der Waals surface area contributed by atoms with Gasteiger partial charge in [0.2, 0.25) is 0 Å². The molecule has 19 heavy (non-hydrogen) atoms. The predicted molar refractivity (Wildman–Crippen MR) is 81.4 cm³/mol. The van der Waals surface area contributed by atoms with Crippen LogP contribution in [0.4, 0.5) is 0 Å². The first-order chi connectivity index (χ1) is 9.24. The molecular formula is C17H32N2. The van der Waals surface area contributed by atoms with E-state index in [0.29, 0.717) is 0 Å². The number of nitrogens with one attached hydrogen (secondary N) is 1. The number of nitrogens with zero attached hydrogens (tertiary/aromatic N) is 1. The van der Waals surface area contributed by atoms with Crippen LogP contribution in [0.2, 0.25) is 0 Å². The van der Waals surface area contributed by atoms with Crippen LogP contribution in [0.25, 0.3) is 0 Å². The molecule has 3 fully saturated rings. The zero-order valence-electron chi connectivity index (χ0n) is 12.9. The molecule has 0 spiro atoms. The molecule has 0 aromatic heterocycles. The molecule has 0 aromatic carbocycles. The Morgan fingerprint density at radius 1 is 1.00 bits per heavy atom. The van der Waals surface area contributed by atoms with Gasteiger partial charge in [-0.05, 0) is 51.9 Å². The van der Waals surface area contributed by atoms with Crippen LogP contribution in [0.3, 0.4) is 0 Å². The predicted octanol–water partition coefficient (Wildman–Crippen LogP) is 3.56. The van der Waals surface area contributed by atoms with E-state index in [-0.39, 0.29) is 0 Å². The van der Waals surface area contributed by atoms with Gasteiger partial charge in [0.25, 0.3) is 0 Å². The summed E-state index contributed by atoms with van der Waals surface area (Å²) in [6.07, 6.45) is 13.1. The van der Waals surface area contributed by atoms with Gasteiger partial charge in [0, 0.05) is 30.7 Å². The van der Waals surface area contributed by atoms with E-state index in [1.54, 1.807) is 0 Å². The molecule has 1 saturated heterocycles. The molecule has 0 radical (unpaired) electrons. The highest BCUT2D eigenvalue weighted by Crippen LogP contribution is 2.34. The zero-order valence-corrected chi connectivity index (χ0v) is 12.9. The van der Waals surface area contributed by atoms with E-state index in [1.165, 1.54) is 64.3 Å². The highest BCUT2D eigenvalue weighted by atomic mass is 15.3. The molecule has 1 heterocycles. The van der Waals surface area contributed by atoms with Crippen LogP contribution in [0.15, 0.2) is 0 Å². The Bertz CT molecular complexity index is 279. The molecule has 0 bridgehead atoms. The Hall–Kier alpha value is -0.0800. The number of likely N-dealkylation sites (tertiary alicyclic amines) is 1. The Labute approximate surface area is 119 Å². The molecule has 3 aliphatic rings. The molecule has 1 aliphatic heterocycles. The number of hydrogen-bond acceptors (Lipinski definition) is 2. The summed E-state index contributed by atoms with van der Waals surface area (Å²) in [6, 6.07) is 3.24. The summed E-state index contributed by atoms with van der Waals surface area (Å²) in [6.45, 7) is 6.18. The summed E-state index contributed by atoms with van der Waals surface area (Å²) in [5.74, 6) is 0.938. The van der Waals surface area contributed by atoms with Crippen molar-refractivity contribution in [3.8, 4) is 0 Å². The quantitative estimate of drug-likeness (QED) is 0.781. The summed E-state index contributed by atoms with van der Waals surface area (Å²) in [4.78, 5) is 2.76. The Morgan fingerprint density at radius 3 is 2.32 bits per heavy atom. The van der Waals surface area contributed by atoms with Crippen molar-refractivity contribution in [1.29, 1.82) is 0 Å². The van der Waals surface area contributed by atoms with Gasteiger partial charge < -0.3 is 5.32 Å². The maximum Gasteiger partial charge on any atom is 0.0212 e. The third-order valence-electron chi connectivity index (χ3n) is 5.74. The molecule has 2 heteroatoms. The lowest BCUT2D eigenvalue weighted by Gasteiger charge is -2.27. The van der Waals surface area contributed by atoms with Gasteiger partial charge in [0.15, 0.2) is 0 Å². The first-order valence-electron chi connectivity index (χ1n) is 8.76.